The van der Waals surface area contributed by atoms with Crippen molar-refractivity contribution in [2.75, 3.05) is 0 Å². The molecule has 0 aliphatic heterocycles. The fraction of sp³-hybridized carbons (Fsp3) is 0.211. The molecule has 1 amide bonds. The number of benzene rings is 2. The predicted octanol–water partition coefficient (Wildman–Crippen LogP) is 3.25. The van der Waals surface area contributed by atoms with Gasteiger partial charge in [0.15, 0.2) is 0 Å². The third-order valence-corrected chi connectivity index (χ3v) is 4.22. The molecule has 1 N–H and O–H groups in total. The lowest BCUT2D eigenvalue weighted by atomic mass is 9.69. The number of carbonyl (C=O) groups is 1. The highest BCUT2D eigenvalue weighted by Gasteiger charge is 2.44. The first-order chi connectivity index (χ1) is 11.2. The Balaban J connectivity index is 1.90. The largest absolute Gasteiger partial charge is 0.271 e. The summed E-state index contributed by atoms with van der Waals surface area (Å²) in [7, 11) is 0. The molecule has 1 aliphatic carbocycles. The first-order valence-electron chi connectivity index (χ1n) is 7.65. The van der Waals surface area contributed by atoms with E-state index in [2.05, 4.69) is 16.6 Å². The first-order valence-corrected chi connectivity index (χ1v) is 7.65. The van der Waals surface area contributed by atoms with Gasteiger partial charge in [0, 0.05) is 11.1 Å². The number of nitrogens with one attached hydrogen (secondary N) is 1. The molecule has 23 heavy (non-hydrogen) atoms. The Morgan fingerprint density at radius 1 is 1.00 bits per heavy atom. The number of nitriles is 1. The molecule has 0 unspecified atom stereocenters. The molecule has 1 saturated carbocycles. The monoisotopic (exact) mass is 303 g/mol. The Morgan fingerprint density at radius 3 is 1.91 bits per heavy atom. The molecular formula is C19H17N3O. The van der Waals surface area contributed by atoms with Crippen LogP contribution in [0.3, 0.4) is 0 Å². The molecule has 2 aromatic rings. The second-order valence-corrected chi connectivity index (χ2v) is 5.68. The van der Waals surface area contributed by atoms with Gasteiger partial charge in [0.2, 0.25) is 0 Å². The van der Waals surface area contributed by atoms with Crippen LogP contribution in [0.5, 0.6) is 0 Å². The summed E-state index contributed by atoms with van der Waals surface area (Å²) in [6.07, 6.45) is 2.13. The van der Waals surface area contributed by atoms with Gasteiger partial charge in [0.25, 0.3) is 5.91 Å². The molecular weight excluding hydrogens is 286 g/mol. The van der Waals surface area contributed by atoms with E-state index in [0.29, 0.717) is 18.6 Å². The van der Waals surface area contributed by atoms with E-state index in [4.69, 9.17) is 0 Å². The van der Waals surface area contributed by atoms with Gasteiger partial charge in [-0.25, -0.2) is 5.43 Å². The number of hydrogen-bond acceptors (Lipinski definition) is 3. The Morgan fingerprint density at radius 2 is 1.52 bits per heavy atom. The number of amides is 1. The first kappa shape index (κ1) is 15.0. The van der Waals surface area contributed by atoms with Crippen LogP contribution in [-0.2, 0) is 4.79 Å². The molecule has 0 spiro atoms. The van der Waals surface area contributed by atoms with Crippen molar-refractivity contribution in [3.8, 4) is 6.07 Å². The van der Waals surface area contributed by atoms with Crippen molar-refractivity contribution in [2.24, 2.45) is 10.5 Å². The van der Waals surface area contributed by atoms with E-state index in [9.17, 15) is 10.1 Å². The molecule has 0 radical (unpaired) electrons. The molecule has 1 aliphatic rings. The minimum atomic E-state index is -0.901. The topological polar surface area (TPSA) is 65.2 Å². The Bertz CT molecular complexity index is 715. The summed E-state index contributed by atoms with van der Waals surface area (Å²) in [6, 6.07) is 21.5. The molecule has 4 nitrogen and oxygen atoms in total. The van der Waals surface area contributed by atoms with Crippen molar-refractivity contribution < 1.29 is 4.79 Å². The standard InChI is InChI=1S/C19H17N3O/c20-14-19(12-7-13-19)18(23)22-21-17(15-8-3-1-4-9-15)16-10-5-2-6-11-16/h1-6,8-11H,7,12-13H2,(H,22,23). The van der Waals surface area contributed by atoms with Gasteiger partial charge >= 0.3 is 0 Å². The molecule has 0 atom stereocenters. The highest BCUT2D eigenvalue weighted by molar-refractivity contribution is 6.13. The van der Waals surface area contributed by atoms with Crippen LogP contribution in [0.2, 0.25) is 0 Å². The maximum Gasteiger partial charge on any atom is 0.260 e. The van der Waals surface area contributed by atoms with Crippen molar-refractivity contribution >= 4 is 11.6 Å². The summed E-state index contributed by atoms with van der Waals surface area (Å²) in [5, 5.41) is 13.6. The van der Waals surface area contributed by atoms with Crippen molar-refractivity contribution in [1.82, 2.24) is 5.43 Å². The summed E-state index contributed by atoms with van der Waals surface area (Å²) < 4.78 is 0. The molecule has 114 valence electrons. The van der Waals surface area contributed by atoms with Crippen molar-refractivity contribution in [3.05, 3.63) is 71.8 Å². The summed E-state index contributed by atoms with van der Waals surface area (Å²) in [5.41, 5.74) is 4.22. The smallest absolute Gasteiger partial charge is 0.260 e. The molecule has 0 heterocycles. The SMILES string of the molecule is N#CC1(C(=O)NN=C(c2ccccc2)c2ccccc2)CCC1. The second-order valence-electron chi connectivity index (χ2n) is 5.68. The normalized spacial score (nSPS) is 14.9. The Hall–Kier alpha value is -2.93. The average Bonchev–Trinajstić information content (AvgIpc) is 2.56. The number of rotatable bonds is 4. The Labute approximate surface area is 135 Å². The number of nitrogens with zero attached hydrogens (tertiary/aromatic N) is 2. The third kappa shape index (κ3) is 3.00. The molecule has 0 aromatic heterocycles. The highest BCUT2D eigenvalue weighted by Crippen LogP contribution is 2.40. The van der Waals surface area contributed by atoms with Crippen LogP contribution in [0.25, 0.3) is 0 Å². The maximum absolute atomic E-state index is 12.3. The third-order valence-electron chi connectivity index (χ3n) is 4.22. The van der Waals surface area contributed by atoms with E-state index in [1.54, 1.807) is 0 Å². The van der Waals surface area contributed by atoms with Crippen LogP contribution in [0.1, 0.15) is 30.4 Å². The fourth-order valence-corrected chi connectivity index (χ4v) is 2.62. The van der Waals surface area contributed by atoms with E-state index in [-0.39, 0.29) is 5.91 Å². The quantitative estimate of drug-likeness (QED) is 0.696. The minimum absolute atomic E-state index is 0.310. The molecule has 2 aromatic carbocycles. The van der Waals surface area contributed by atoms with Crippen LogP contribution >= 0.6 is 0 Å². The molecule has 4 heteroatoms. The fourth-order valence-electron chi connectivity index (χ4n) is 2.62. The van der Waals surface area contributed by atoms with E-state index in [1.807, 2.05) is 60.7 Å². The van der Waals surface area contributed by atoms with E-state index in [1.165, 1.54) is 0 Å². The molecule has 0 bridgehead atoms. The highest BCUT2D eigenvalue weighted by atomic mass is 16.2. The summed E-state index contributed by atoms with van der Waals surface area (Å²) in [5.74, 6) is -0.310. The van der Waals surface area contributed by atoms with Gasteiger partial charge in [-0.3, -0.25) is 4.79 Å². The molecule has 3 rings (SSSR count). The van der Waals surface area contributed by atoms with Crippen LogP contribution in [0.15, 0.2) is 65.8 Å². The zero-order valence-electron chi connectivity index (χ0n) is 12.7. The summed E-state index contributed by atoms with van der Waals surface area (Å²) in [4.78, 5) is 12.3. The van der Waals surface area contributed by atoms with Crippen LogP contribution < -0.4 is 5.43 Å². The predicted molar refractivity (Wildman–Crippen MR) is 88.6 cm³/mol. The van der Waals surface area contributed by atoms with Gasteiger partial charge < -0.3 is 0 Å². The van der Waals surface area contributed by atoms with Gasteiger partial charge in [0.1, 0.15) is 5.41 Å². The van der Waals surface area contributed by atoms with Gasteiger partial charge in [-0.05, 0) is 19.3 Å². The van der Waals surface area contributed by atoms with Crippen LogP contribution in [0, 0.1) is 16.7 Å². The lowest BCUT2D eigenvalue weighted by molar-refractivity contribution is -0.131. The van der Waals surface area contributed by atoms with E-state index < -0.39 is 5.41 Å². The average molecular weight is 303 g/mol. The van der Waals surface area contributed by atoms with Crippen molar-refractivity contribution in [2.45, 2.75) is 19.3 Å². The molecule has 0 saturated heterocycles. The zero-order chi connectivity index (χ0) is 16.1. The lowest BCUT2D eigenvalue weighted by Crippen LogP contribution is -2.43. The molecule has 1 fully saturated rings. The second kappa shape index (κ2) is 6.45. The minimum Gasteiger partial charge on any atom is -0.271 e. The van der Waals surface area contributed by atoms with Gasteiger partial charge in [-0.2, -0.15) is 10.4 Å². The maximum atomic E-state index is 12.3. The zero-order valence-corrected chi connectivity index (χ0v) is 12.7. The van der Waals surface area contributed by atoms with Crippen LogP contribution in [0.4, 0.5) is 0 Å². The van der Waals surface area contributed by atoms with Gasteiger partial charge in [-0.15, -0.1) is 0 Å². The van der Waals surface area contributed by atoms with Gasteiger partial charge in [0.05, 0.1) is 11.8 Å². The van der Waals surface area contributed by atoms with E-state index >= 15 is 0 Å². The Kier molecular flexibility index (Phi) is 4.20. The van der Waals surface area contributed by atoms with Crippen LogP contribution in [-0.4, -0.2) is 11.6 Å². The van der Waals surface area contributed by atoms with Crippen molar-refractivity contribution in [1.29, 1.82) is 5.26 Å². The summed E-state index contributed by atoms with van der Waals surface area (Å²) in [6.45, 7) is 0. The number of hydrogen-bond donors (Lipinski definition) is 1. The van der Waals surface area contributed by atoms with Crippen molar-refractivity contribution in [3.63, 3.8) is 0 Å². The summed E-state index contributed by atoms with van der Waals surface area (Å²) >= 11 is 0. The van der Waals surface area contributed by atoms with E-state index in [0.717, 1.165) is 17.5 Å². The lowest BCUT2D eigenvalue weighted by Gasteiger charge is -2.32. The van der Waals surface area contributed by atoms with Gasteiger partial charge in [-0.1, -0.05) is 60.7 Å². The number of carbonyl (C=O) groups excluding carboxylic acids is 1. The number of hydrazone groups is 1.